The summed E-state index contributed by atoms with van der Waals surface area (Å²) in [5, 5.41) is 0. The van der Waals surface area contributed by atoms with E-state index in [1.807, 2.05) is 19.1 Å². The van der Waals surface area contributed by atoms with Crippen molar-refractivity contribution in [2.24, 2.45) is 0 Å². The molecule has 0 saturated heterocycles. The lowest BCUT2D eigenvalue weighted by atomic mass is 9.95. The van der Waals surface area contributed by atoms with E-state index in [9.17, 15) is 9.59 Å². The van der Waals surface area contributed by atoms with Crippen LogP contribution in [0.15, 0.2) is 48.5 Å². The third-order valence-corrected chi connectivity index (χ3v) is 7.10. The van der Waals surface area contributed by atoms with Crippen LogP contribution < -0.4 is 11.5 Å². The van der Waals surface area contributed by atoms with Gasteiger partial charge in [-0.3, -0.25) is 0 Å². The molecule has 0 amide bonds. The lowest BCUT2D eigenvalue weighted by Gasteiger charge is -2.28. The quantitative estimate of drug-likeness (QED) is 0.120. The first-order valence-corrected chi connectivity index (χ1v) is 14.3. The van der Waals surface area contributed by atoms with Crippen LogP contribution in [0, 0.1) is 0 Å². The largest absolute Gasteiger partial charge is 0.462 e. The number of benzene rings is 2. The van der Waals surface area contributed by atoms with Gasteiger partial charge in [-0.1, -0.05) is 51.7 Å². The van der Waals surface area contributed by atoms with Crippen molar-refractivity contribution in [3.05, 3.63) is 65.2 Å². The molecular weight excluding hydrogens is 492 g/mol. The van der Waals surface area contributed by atoms with Crippen molar-refractivity contribution in [3.63, 3.8) is 0 Å². The van der Waals surface area contributed by atoms with E-state index < -0.39 is 5.97 Å². The first-order valence-electron chi connectivity index (χ1n) is 14.3. The number of nitrogen functional groups attached to an aromatic ring is 2. The predicted molar refractivity (Wildman–Crippen MR) is 156 cm³/mol. The van der Waals surface area contributed by atoms with E-state index in [1.54, 1.807) is 36.4 Å². The first-order chi connectivity index (χ1) is 18.8. The molecule has 0 spiro atoms. The third kappa shape index (κ3) is 10.8. The van der Waals surface area contributed by atoms with Crippen LogP contribution in [0.25, 0.3) is 6.08 Å². The zero-order chi connectivity index (χ0) is 28.0. The maximum Gasteiger partial charge on any atom is 0.338 e. The van der Waals surface area contributed by atoms with Crippen molar-refractivity contribution < 1.29 is 23.8 Å². The summed E-state index contributed by atoms with van der Waals surface area (Å²) in [6, 6.07) is 12.3. The van der Waals surface area contributed by atoms with Crippen LogP contribution in [-0.2, 0) is 19.0 Å². The molecule has 1 fully saturated rings. The highest BCUT2D eigenvalue weighted by Crippen LogP contribution is 2.25. The van der Waals surface area contributed by atoms with Gasteiger partial charge in [0.15, 0.2) is 0 Å². The van der Waals surface area contributed by atoms with E-state index in [1.165, 1.54) is 31.8 Å². The van der Waals surface area contributed by atoms with E-state index in [-0.39, 0.29) is 30.7 Å². The number of esters is 2. The molecule has 1 unspecified atom stereocenters. The summed E-state index contributed by atoms with van der Waals surface area (Å²) in [5.41, 5.74) is 15.0. The second kappa shape index (κ2) is 15.9. The Kier molecular flexibility index (Phi) is 12.4. The minimum Gasteiger partial charge on any atom is -0.462 e. The zero-order valence-electron chi connectivity index (χ0n) is 23.4. The van der Waals surface area contributed by atoms with Gasteiger partial charge in [0.25, 0.3) is 0 Å². The molecule has 2 aromatic rings. The Labute approximate surface area is 232 Å². The van der Waals surface area contributed by atoms with Crippen molar-refractivity contribution in [2.45, 2.75) is 89.8 Å². The van der Waals surface area contributed by atoms with Crippen molar-refractivity contribution in [1.29, 1.82) is 0 Å². The van der Waals surface area contributed by atoms with Gasteiger partial charge in [0.1, 0.15) is 6.10 Å². The summed E-state index contributed by atoms with van der Waals surface area (Å²) in [6.07, 6.45) is 13.0. The Morgan fingerprint density at radius 1 is 0.923 bits per heavy atom. The molecule has 0 bridgehead atoms. The lowest BCUT2D eigenvalue weighted by Crippen LogP contribution is -2.28. The molecule has 0 radical (unpaired) electrons. The van der Waals surface area contributed by atoms with Crippen molar-refractivity contribution in [1.82, 2.24) is 0 Å². The molecule has 0 heterocycles. The molecule has 2 aromatic carbocycles. The highest BCUT2D eigenvalue weighted by Gasteiger charge is 2.24. The third-order valence-electron chi connectivity index (χ3n) is 7.10. The predicted octanol–water partition coefficient (Wildman–Crippen LogP) is 6.67. The first kappa shape index (κ1) is 30.2. The average Bonchev–Trinajstić information content (AvgIpc) is 2.93. The fourth-order valence-corrected chi connectivity index (χ4v) is 4.72. The van der Waals surface area contributed by atoms with E-state index in [0.717, 1.165) is 49.8 Å². The van der Waals surface area contributed by atoms with Crippen LogP contribution in [0.3, 0.4) is 0 Å². The van der Waals surface area contributed by atoms with Gasteiger partial charge >= 0.3 is 11.9 Å². The molecule has 4 N–H and O–H groups in total. The maximum atomic E-state index is 12.6. The minimum absolute atomic E-state index is 0.0404. The Morgan fingerprint density at radius 3 is 2.23 bits per heavy atom. The Hall–Kier alpha value is -3.32. The molecule has 1 aliphatic carbocycles. The van der Waals surface area contributed by atoms with Crippen LogP contribution in [0.2, 0.25) is 0 Å². The molecule has 1 atom stereocenters. The number of nitrogens with two attached hydrogens (primary N) is 2. The molecular formula is C32H44N2O5. The second-order valence-electron chi connectivity index (χ2n) is 10.5. The van der Waals surface area contributed by atoms with E-state index in [4.69, 9.17) is 25.7 Å². The van der Waals surface area contributed by atoms with Crippen molar-refractivity contribution >= 4 is 29.4 Å². The molecule has 1 aliphatic rings. The van der Waals surface area contributed by atoms with Gasteiger partial charge in [-0.15, -0.1) is 0 Å². The molecule has 0 aliphatic heterocycles. The van der Waals surface area contributed by atoms with Crippen LogP contribution in [0.1, 0.15) is 99.0 Å². The monoisotopic (exact) mass is 536 g/mol. The number of hydrogen-bond donors (Lipinski definition) is 2. The summed E-state index contributed by atoms with van der Waals surface area (Å²) in [5.74, 6) is -0.805. The summed E-state index contributed by atoms with van der Waals surface area (Å²) >= 11 is 0. The fourth-order valence-electron chi connectivity index (χ4n) is 4.72. The molecule has 7 nitrogen and oxygen atoms in total. The summed E-state index contributed by atoms with van der Waals surface area (Å²) in [7, 11) is 0. The molecule has 0 aromatic heterocycles. The standard InChI is InChI=1S/C32H44N2O5/c1-3-4-5-6-7-18-37-29-13-15-30(16-14-29)39-32(36)25-11-8-24(9-12-25)10-17-31(35)38-22-23(2)26-19-27(33)21-28(34)20-26/h8-12,17,19-21,23,29-30H,3-7,13-16,18,22,33-34H2,1-2H3. The lowest BCUT2D eigenvalue weighted by molar-refractivity contribution is -0.138. The van der Waals surface area contributed by atoms with Crippen molar-refractivity contribution in [3.8, 4) is 0 Å². The Bertz CT molecular complexity index is 1050. The average molecular weight is 537 g/mol. The number of hydrogen-bond acceptors (Lipinski definition) is 7. The summed E-state index contributed by atoms with van der Waals surface area (Å²) in [6.45, 7) is 5.21. The maximum absolute atomic E-state index is 12.6. The topological polar surface area (TPSA) is 114 Å². The molecule has 3 rings (SSSR count). The molecule has 212 valence electrons. The molecule has 1 saturated carbocycles. The number of anilines is 2. The number of unbranched alkanes of at least 4 members (excludes halogenated alkanes) is 4. The van der Waals surface area contributed by atoms with Gasteiger partial charge in [0.2, 0.25) is 0 Å². The van der Waals surface area contributed by atoms with Crippen LogP contribution in [0.4, 0.5) is 11.4 Å². The van der Waals surface area contributed by atoms with Gasteiger partial charge in [-0.05, 0) is 79.6 Å². The smallest absolute Gasteiger partial charge is 0.338 e. The van der Waals surface area contributed by atoms with Crippen LogP contribution in [-0.4, -0.2) is 37.4 Å². The van der Waals surface area contributed by atoms with Gasteiger partial charge in [-0.2, -0.15) is 0 Å². The second-order valence-corrected chi connectivity index (χ2v) is 10.5. The van der Waals surface area contributed by atoms with Gasteiger partial charge < -0.3 is 25.7 Å². The van der Waals surface area contributed by atoms with E-state index in [2.05, 4.69) is 6.92 Å². The summed E-state index contributed by atoms with van der Waals surface area (Å²) < 4.78 is 17.1. The van der Waals surface area contributed by atoms with E-state index >= 15 is 0 Å². The van der Waals surface area contributed by atoms with Gasteiger partial charge in [0.05, 0.1) is 18.3 Å². The van der Waals surface area contributed by atoms with Crippen LogP contribution in [0.5, 0.6) is 0 Å². The zero-order valence-corrected chi connectivity index (χ0v) is 23.4. The fraction of sp³-hybridized carbons (Fsp3) is 0.500. The molecule has 39 heavy (non-hydrogen) atoms. The minimum atomic E-state index is -0.446. The highest BCUT2D eigenvalue weighted by molar-refractivity contribution is 5.90. The van der Waals surface area contributed by atoms with Crippen LogP contribution >= 0.6 is 0 Å². The highest BCUT2D eigenvalue weighted by atomic mass is 16.5. The van der Waals surface area contributed by atoms with Crippen molar-refractivity contribution in [2.75, 3.05) is 24.7 Å². The molecule has 7 heteroatoms. The Morgan fingerprint density at radius 2 is 1.56 bits per heavy atom. The SMILES string of the molecule is CCCCCCCOC1CCC(OC(=O)c2ccc(C=CC(=O)OCC(C)c3cc(N)cc(N)c3)cc2)CC1. The number of carbonyl (C=O) groups is 2. The Balaban J connectivity index is 1.36. The van der Waals surface area contributed by atoms with Gasteiger partial charge in [0, 0.05) is 30.0 Å². The number of rotatable bonds is 14. The number of ether oxygens (including phenoxy) is 3. The van der Waals surface area contributed by atoms with E-state index in [0.29, 0.717) is 16.9 Å². The summed E-state index contributed by atoms with van der Waals surface area (Å²) in [4.78, 5) is 24.8. The normalized spacial score (nSPS) is 18.1. The van der Waals surface area contributed by atoms with Gasteiger partial charge in [-0.25, -0.2) is 9.59 Å². The number of carbonyl (C=O) groups excluding carboxylic acids is 2.